The Kier molecular flexibility index (Phi) is 7.86. The average molecular weight is 451 g/mol. The first-order chi connectivity index (χ1) is 16.0. The van der Waals surface area contributed by atoms with Crippen molar-refractivity contribution in [3.05, 3.63) is 53.2 Å². The number of benzene rings is 1. The van der Waals surface area contributed by atoms with Crippen LogP contribution in [0.3, 0.4) is 0 Å². The molecule has 0 spiro atoms. The van der Waals surface area contributed by atoms with Crippen molar-refractivity contribution in [2.75, 3.05) is 51.3 Å². The molecule has 4 rings (SSSR count). The summed E-state index contributed by atoms with van der Waals surface area (Å²) >= 11 is 0. The van der Waals surface area contributed by atoms with E-state index >= 15 is 0 Å². The number of hydrogen-bond donors (Lipinski definition) is 0. The van der Waals surface area contributed by atoms with E-state index in [9.17, 15) is 4.79 Å². The minimum atomic E-state index is 0.314. The Labute approximate surface area is 198 Å². The van der Waals surface area contributed by atoms with Crippen molar-refractivity contribution in [1.82, 2.24) is 14.8 Å². The summed E-state index contributed by atoms with van der Waals surface area (Å²) in [6.07, 6.45) is 5.95. The third-order valence-electron chi connectivity index (χ3n) is 7.44. The number of hydrogen-bond acceptors (Lipinski definition) is 5. The third kappa shape index (κ3) is 5.85. The van der Waals surface area contributed by atoms with Crippen molar-refractivity contribution in [3.8, 4) is 5.75 Å². The van der Waals surface area contributed by atoms with E-state index in [0.29, 0.717) is 18.2 Å². The van der Waals surface area contributed by atoms with Crippen LogP contribution in [0, 0.1) is 19.8 Å². The maximum atomic E-state index is 12.9. The van der Waals surface area contributed by atoms with E-state index in [2.05, 4.69) is 40.8 Å². The molecule has 0 aliphatic carbocycles. The van der Waals surface area contributed by atoms with Crippen LogP contribution in [0.1, 0.15) is 42.4 Å². The van der Waals surface area contributed by atoms with E-state index in [4.69, 9.17) is 4.74 Å². The number of pyridine rings is 1. The van der Waals surface area contributed by atoms with E-state index in [1.54, 1.807) is 7.11 Å². The number of nitrogens with zero attached hydrogens (tertiary/aromatic N) is 4. The number of rotatable bonds is 7. The third-order valence-corrected chi connectivity index (χ3v) is 7.44. The summed E-state index contributed by atoms with van der Waals surface area (Å²) in [5, 5.41) is 0. The standard InChI is InChI=1S/C27H38N4O2/c1-21-22(2)25(33-3)11-10-24(21)20-29-14-6-7-23(19-29)9-12-27(32)31-17-15-30(16-18-31)26-8-4-5-13-28-26/h4-5,8,10-11,13,23H,6-7,9,12,14-20H2,1-3H3. The summed E-state index contributed by atoms with van der Waals surface area (Å²) in [5.41, 5.74) is 3.95. The van der Waals surface area contributed by atoms with Gasteiger partial charge in [-0.1, -0.05) is 12.1 Å². The first-order valence-electron chi connectivity index (χ1n) is 12.3. The Morgan fingerprint density at radius 3 is 2.61 bits per heavy atom. The molecule has 6 heteroatoms. The van der Waals surface area contributed by atoms with Crippen LogP contribution < -0.4 is 9.64 Å². The number of amides is 1. The summed E-state index contributed by atoms with van der Waals surface area (Å²) in [7, 11) is 1.73. The molecule has 2 saturated heterocycles. The maximum Gasteiger partial charge on any atom is 0.222 e. The number of likely N-dealkylation sites (tertiary alicyclic amines) is 1. The number of piperidine rings is 1. The van der Waals surface area contributed by atoms with Gasteiger partial charge in [0.25, 0.3) is 0 Å². The van der Waals surface area contributed by atoms with E-state index in [1.807, 2.05) is 29.3 Å². The topological polar surface area (TPSA) is 48.9 Å². The van der Waals surface area contributed by atoms with Crippen LogP contribution in [0.15, 0.2) is 36.5 Å². The van der Waals surface area contributed by atoms with Gasteiger partial charge in [0, 0.05) is 51.9 Å². The summed E-state index contributed by atoms with van der Waals surface area (Å²) in [6.45, 7) is 10.9. The fraction of sp³-hybridized carbons (Fsp3) is 0.556. The number of methoxy groups -OCH3 is 1. The van der Waals surface area contributed by atoms with Crippen molar-refractivity contribution in [2.24, 2.45) is 5.92 Å². The van der Waals surface area contributed by atoms with Crippen LogP contribution >= 0.6 is 0 Å². The molecule has 3 heterocycles. The smallest absolute Gasteiger partial charge is 0.222 e. The van der Waals surface area contributed by atoms with Gasteiger partial charge in [0.05, 0.1) is 7.11 Å². The molecular formula is C27H38N4O2. The number of carbonyl (C=O) groups excluding carboxylic acids is 1. The molecule has 1 aromatic heterocycles. The van der Waals surface area contributed by atoms with Crippen LogP contribution in [-0.2, 0) is 11.3 Å². The zero-order valence-corrected chi connectivity index (χ0v) is 20.4. The zero-order chi connectivity index (χ0) is 23.2. The molecule has 1 unspecified atom stereocenters. The number of carbonyl (C=O) groups is 1. The monoisotopic (exact) mass is 450 g/mol. The Morgan fingerprint density at radius 1 is 1.06 bits per heavy atom. The van der Waals surface area contributed by atoms with Crippen molar-refractivity contribution in [2.45, 2.75) is 46.1 Å². The molecule has 0 saturated carbocycles. The number of aromatic nitrogens is 1. The van der Waals surface area contributed by atoms with Crippen molar-refractivity contribution < 1.29 is 9.53 Å². The van der Waals surface area contributed by atoms with Crippen LogP contribution in [0.5, 0.6) is 5.75 Å². The summed E-state index contributed by atoms with van der Waals surface area (Å²) < 4.78 is 5.47. The summed E-state index contributed by atoms with van der Waals surface area (Å²) in [5.74, 6) is 2.90. The molecule has 2 fully saturated rings. The summed E-state index contributed by atoms with van der Waals surface area (Å²) in [4.78, 5) is 24.2. The number of anilines is 1. The molecule has 2 aromatic rings. The highest BCUT2D eigenvalue weighted by molar-refractivity contribution is 5.76. The second-order valence-electron chi connectivity index (χ2n) is 9.51. The molecule has 1 aromatic carbocycles. The highest BCUT2D eigenvalue weighted by atomic mass is 16.5. The quantitative estimate of drug-likeness (QED) is 0.637. The predicted octanol–water partition coefficient (Wildman–Crippen LogP) is 4.05. The SMILES string of the molecule is COc1ccc(CN2CCCC(CCC(=O)N3CCN(c4ccccn4)CC3)C2)c(C)c1C. The lowest BCUT2D eigenvalue weighted by atomic mass is 9.92. The lowest BCUT2D eigenvalue weighted by Gasteiger charge is -2.36. The van der Waals surface area contributed by atoms with Gasteiger partial charge < -0.3 is 14.5 Å². The fourth-order valence-corrected chi connectivity index (χ4v) is 5.23. The lowest BCUT2D eigenvalue weighted by Crippen LogP contribution is -2.49. The molecule has 2 aliphatic rings. The molecule has 0 bridgehead atoms. The van der Waals surface area contributed by atoms with Gasteiger partial charge in [-0.3, -0.25) is 9.69 Å². The van der Waals surface area contributed by atoms with E-state index in [-0.39, 0.29) is 0 Å². The summed E-state index contributed by atoms with van der Waals surface area (Å²) in [6, 6.07) is 10.3. The van der Waals surface area contributed by atoms with E-state index < -0.39 is 0 Å². The highest BCUT2D eigenvalue weighted by Gasteiger charge is 2.25. The second kappa shape index (κ2) is 11.0. The molecule has 0 N–H and O–H groups in total. The van der Waals surface area contributed by atoms with E-state index in [1.165, 1.54) is 29.5 Å². The maximum absolute atomic E-state index is 12.9. The van der Waals surface area contributed by atoms with Gasteiger partial charge in [-0.15, -0.1) is 0 Å². The van der Waals surface area contributed by atoms with E-state index in [0.717, 1.165) is 63.8 Å². The number of ether oxygens (including phenoxy) is 1. The van der Waals surface area contributed by atoms with Crippen LogP contribution in [0.4, 0.5) is 5.82 Å². The molecule has 1 amide bonds. The van der Waals surface area contributed by atoms with Crippen molar-refractivity contribution in [1.29, 1.82) is 0 Å². The van der Waals surface area contributed by atoms with Gasteiger partial charge >= 0.3 is 0 Å². The molecule has 6 nitrogen and oxygen atoms in total. The Bertz CT molecular complexity index is 925. The van der Waals surface area contributed by atoms with Gasteiger partial charge in [-0.2, -0.15) is 0 Å². The van der Waals surface area contributed by atoms with Gasteiger partial charge in [0.1, 0.15) is 11.6 Å². The van der Waals surface area contributed by atoms with Crippen molar-refractivity contribution in [3.63, 3.8) is 0 Å². The zero-order valence-electron chi connectivity index (χ0n) is 20.4. The molecule has 0 radical (unpaired) electrons. The molecule has 178 valence electrons. The Hall–Kier alpha value is -2.60. The van der Waals surface area contributed by atoms with Crippen LogP contribution in [0.25, 0.3) is 0 Å². The van der Waals surface area contributed by atoms with Crippen molar-refractivity contribution >= 4 is 11.7 Å². The van der Waals surface area contributed by atoms with Crippen LogP contribution in [0.2, 0.25) is 0 Å². The largest absolute Gasteiger partial charge is 0.496 e. The van der Waals surface area contributed by atoms with Gasteiger partial charge in [0.2, 0.25) is 5.91 Å². The normalized spacial score (nSPS) is 19.5. The van der Waals surface area contributed by atoms with Gasteiger partial charge in [0.15, 0.2) is 0 Å². The Morgan fingerprint density at radius 2 is 1.88 bits per heavy atom. The highest BCUT2D eigenvalue weighted by Crippen LogP contribution is 2.27. The molecule has 33 heavy (non-hydrogen) atoms. The average Bonchev–Trinajstić information content (AvgIpc) is 2.86. The second-order valence-corrected chi connectivity index (χ2v) is 9.51. The fourth-order valence-electron chi connectivity index (χ4n) is 5.23. The first-order valence-corrected chi connectivity index (χ1v) is 12.3. The Balaban J connectivity index is 1.23. The van der Waals surface area contributed by atoms with Gasteiger partial charge in [-0.25, -0.2) is 4.98 Å². The molecule has 2 aliphatic heterocycles. The lowest BCUT2D eigenvalue weighted by molar-refractivity contribution is -0.131. The minimum absolute atomic E-state index is 0.314. The molecule has 1 atom stereocenters. The van der Waals surface area contributed by atoms with Gasteiger partial charge in [-0.05, 0) is 80.5 Å². The first kappa shape index (κ1) is 23.6. The predicted molar refractivity (Wildman–Crippen MR) is 133 cm³/mol. The molecular weight excluding hydrogens is 412 g/mol. The minimum Gasteiger partial charge on any atom is -0.496 e. The van der Waals surface area contributed by atoms with Crippen LogP contribution in [-0.4, -0.2) is 67.1 Å². The number of piperazine rings is 1.